The minimum atomic E-state index is -2.71. The molecule has 3 aromatic rings. The predicted molar refractivity (Wildman–Crippen MR) is 121 cm³/mol. The van der Waals surface area contributed by atoms with Crippen molar-refractivity contribution in [2.24, 2.45) is 5.41 Å². The summed E-state index contributed by atoms with van der Waals surface area (Å²) < 4.78 is 28.6. The fraction of sp³-hybridized carbons (Fsp3) is 0.417. The Balaban J connectivity index is 1.54. The van der Waals surface area contributed by atoms with Gasteiger partial charge in [-0.15, -0.1) is 0 Å². The molecule has 1 N–H and O–H groups in total. The summed E-state index contributed by atoms with van der Waals surface area (Å²) >= 11 is 0. The molecular weight excluding hydrogens is 428 g/mol. The molecule has 4 rings (SSSR count). The lowest BCUT2D eigenvalue weighted by molar-refractivity contribution is -0.0494. The smallest absolute Gasteiger partial charge is 0.255 e. The number of carbonyl (C=O) groups is 2. The van der Waals surface area contributed by atoms with Gasteiger partial charge in [0.15, 0.2) is 0 Å². The molecule has 33 heavy (non-hydrogen) atoms. The van der Waals surface area contributed by atoms with Gasteiger partial charge in [0, 0.05) is 56.5 Å². The highest BCUT2D eigenvalue weighted by atomic mass is 19.3. The van der Waals surface area contributed by atoms with Crippen molar-refractivity contribution in [2.75, 3.05) is 19.6 Å². The van der Waals surface area contributed by atoms with Crippen LogP contribution in [0, 0.1) is 5.41 Å². The van der Waals surface area contributed by atoms with Crippen LogP contribution in [-0.2, 0) is 0 Å². The van der Waals surface area contributed by atoms with Gasteiger partial charge in [-0.3, -0.25) is 19.1 Å². The Bertz CT molecular complexity index is 1190. The Morgan fingerprint density at radius 3 is 2.52 bits per heavy atom. The molecule has 0 bridgehead atoms. The first-order valence-corrected chi connectivity index (χ1v) is 10.9. The van der Waals surface area contributed by atoms with Crippen molar-refractivity contribution in [3.8, 4) is 5.69 Å². The predicted octanol–water partition coefficient (Wildman–Crippen LogP) is 4.07. The van der Waals surface area contributed by atoms with Gasteiger partial charge >= 0.3 is 0 Å². The van der Waals surface area contributed by atoms with Crippen LogP contribution in [0.5, 0.6) is 0 Å². The lowest BCUT2D eigenvalue weighted by Gasteiger charge is -2.31. The largest absolute Gasteiger partial charge is 0.351 e. The summed E-state index contributed by atoms with van der Waals surface area (Å²) in [5.74, 6) is -3.21. The van der Waals surface area contributed by atoms with Crippen molar-refractivity contribution in [3.63, 3.8) is 0 Å². The molecule has 1 saturated heterocycles. The molecule has 1 fully saturated rings. The number of hydrogen-bond acceptors (Lipinski definition) is 4. The van der Waals surface area contributed by atoms with Gasteiger partial charge in [-0.2, -0.15) is 0 Å². The zero-order valence-corrected chi connectivity index (χ0v) is 18.9. The SMILES string of the molecule is CC(C)(C)CNC(=O)c1cncc(-n2ccc3cc(C(=O)N4CCC(F)(F)CC4)cnc32)c1. The number of rotatable bonds is 4. The Morgan fingerprint density at radius 1 is 1.09 bits per heavy atom. The molecule has 7 nitrogen and oxygen atoms in total. The Hall–Kier alpha value is -3.36. The van der Waals surface area contributed by atoms with Gasteiger partial charge in [0.25, 0.3) is 17.7 Å². The number of hydrogen-bond donors (Lipinski definition) is 1. The summed E-state index contributed by atoms with van der Waals surface area (Å²) in [5.41, 5.74) is 2.03. The first-order chi connectivity index (χ1) is 15.5. The third-order valence-electron chi connectivity index (χ3n) is 5.60. The highest BCUT2D eigenvalue weighted by Gasteiger charge is 2.35. The summed E-state index contributed by atoms with van der Waals surface area (Å²) in [7, 11) is 0. The fourth-order valence-corrected chi connectivity index (χ4v) is 3.70. The number of likely N-dealkylation sites (tertiary alicyclic amines) is 1. The highest BCUT2D eigenvalue weighted by Crippen LogP contribution is 2.29. The van der Waals surface area contributed by atoms with E-state index in [1.54, 1.807) is 29.1 Å². The van der Waals surface area contributed by atoms with E-state index in [0.717, 1.165) is 5.39 Å². The molecule has 0 aliphatic carbocycles. The number of amides is 2. The molecule has 9 heteroatoms. The van der Waals surface area contributed by atoms with Gasteiger partial charge in [-0.05, 0) is 23.6 Å². The van der Waals surface area contributed by atoms with Crippen LogP contribution >= 0.6 is 0 Å². The number of piperidine rings is 1. The van der Waals surface area contributed by atoms with E-state index in [2.05, 4.69) is 15.3 Å². The Labute approximate surface area is 190 Å². The monoisotopic (exact) mass is 455 g/mol. The highest BCUT2D eigenvalue weighted by molar-refractivity contribution is 5.97. The molecule has 0 atom stereocenters. The molecular formula is C24H27F2N5O2. The Kier molecular flexibility index (Phi) is 5.90. The standard InChI is InChI=1S/C24H27F2N5O2/c1-23(2,3)15-29-21(32)17-11-19(14-27-12-17)31-7-4-16-10-18(13-28-20(16)31)22(33)30-8-5-24(25,26)6-9-30/h4,7,10-14H,5-6,8-9,15H2,1-3H3,(H,29,32). The molecule has 0 unspecified atom stereocenters. The van der Waals surface area contributed by atoms with E-state index in [0.29, 0.717) is 29.0 Å². The van der Waals surface area contributed by atoms with Crippen LogP contribution in [0.25, 0.3) is 16.7 Å². The lowest BCUT2D eigenvalue weighted by Crippen LogP contribution is -2.42. The maximum atomic E-state index is 13.4. The molecule has 174 valence electrons. The lowest BCUT2D eigenvalue weighted by atomic mass is 9.97. The van der Waals surface area contributed by atoms with Crippen LogP contribution in [0.4, 0.5) is 8.78 Å². The molecule has 2 amide bonds. The van der Waals surface area contributed by atoms with Crippen LogP contribution < -0.4 is 5.32 Å². The number of aromatic nitrogens is 3. The normalized spacial score (nSPS) is 16.1. The number of nitrogens with zero attached hydrogens (tertiary/aromatic N) is 4. The van der Waals surface area contributed by atoms with Crippen LogP contribution in [-0.4, -0.2) is 56.8 Å². The minimum absolute atomic E-state index is 0.0284. The van der Waals surface area contributed by atoms with E-state index in [-0.39, 0.29) is 43.2 Å². The number of pyridine rings is 2. The van der Waals surface area contributed by atoms with Crippen molar-refractivity contribution in [3.05, 3.63) is 54.1 Å². The Morgan fingerprint density at radius 2 is 1.82 bits per heavy atom. The van der Waals surface area contributed by atoms with Crippen LogP contribution in [0.2, 0.25) is 0 Å². The van der Waals surface area contributed by atoms with Crippen molar-refractivity contribution >= 4 is 22.8 Å². The van der Waals surface area contributed by atoms with E-state index in [1.165, 1.54) is 17.3 Å². The van der Waals surface area contributed by atoms with Crippen molar-refractivity contribution in [2.45, 2.75) is 39.5 Å². The van der Waals surface area contributed by atoms with Gasteiger partial charge in [0.2, 0.25) is 0 Å². The fourth-order valence-electron chi connectivity index (χ4n) is 3.70. The second-order valence-electron chi connectivity index (χ2n) is 9.65. The number of alkyl halides is 2. The van der Waals surface area contributed by atoms with E-state index in [9.17, 15) is 18.4 Å². The maximum absolute atomic E-state index is 13.4. The number of carbonyl (C=O) groups excluding carboxylic acids is 2. The zero-order chi connectivity index (χ0) is 23.8. The number of nitrogens with one attached hydrogen (secondary N) is 1. The maximum Gasteiger partial charge on any atom is 0.255 e. The molecule has 0 radical (unpaired) electrons. The first-order valence-electron chi connectivity index (χ1n) is 10.9. The molecule has 0 saturated carbocycles. The second kappa shape index (κ2) is 8.53. The van der Waals surface area contributed by atoms with Gasteiger partial charge in [0.1, 0.15) is 5.65 Å². The summed E-state index contributed by atoms with van der Waals surface area (Å²) in [6.45, 7) is 6.72. The van der Waals surface area contributed by atoms with Crippen LogP contribution in [0.15, 0.2) is 43.0 Å². The quantitative estimate of drug-likeness (QED) is 0.643. The van der Waals surface area contributed by atoms with Gasteiger partial charge < -0.3 is 10.2 Å². The minimum Gasteiger partial charge on any atom is -0.351 e. The molecule has 1 aliphatic rings. The molecule has 4 heterocycles. The van der Waals surface area contributed by atoms with E-state index in [1.807, 2.05) is 26.8 Å². The molecule has 0 spiro atoms. The molecule has 1 aliphatic heterocycles. The van der Waals surface area contributed by atoms with Gasteiger partial charge in [0.05, 0.1) is 23.0 Å². The van der Waals surface area contributed by atoms with Gasteiger partial charge in [-0.1, -0.05) is 20.8 Å². The molecule has 0 aromatic carbocycles. The number of halogens is 2. The molecule has 3 aromatic heterocycles. The van der Waals surface area contributed by atoms with Crippen molar-refractivity contribution in [1.29, 1.82) is 0 Å². The average molecular weight is 456 g/mol. The summed E-state index contributed by atoms with van der Waals surface area (Å²) in [6.07, 6.45) is 5.76. The third kappa shape index (κ3) is 5.18. The van der Waals surface area contributed by atoms with Crippen LogP contribution in [0.3, 0.4) is 0 Å². The summed E-state index contributed by atoms with van der Waals surface area (Å²) in [6, 6.07) is 5.26. The first kappa shape index (κ1) is 22.8. The van der Waals surface area contributed by atoms with Crippen molar-refractivity contribution in [1.82, 2.24) is 24.8 Å². The topological polar surface area (TPSA) is 80.1 Å². The van der Waals surface area contributed by atoms with E-state index in [4.69, 9.17) is 0 Å². The van der Waals surface area contributed by atoms with E-state index >= 15 is 0 Å². The number of fused-ring (bicyclic) bond motifs is 1. The third-order valence-corrected chi connectivity index (χ3v) is 5.60. The van der Waals surface area contributed by atoms with Crippen molar-refractivity contribution < 1.29 is 18.4 Å². The zero-order valence-electron chi connectivity index (χ0n) is 18.9. The average Bonchev–Trinajstić information content (AvgIpc) is 3.20. The van der Waals surface area contributed by atoms with Crippen LogP contribution in [0.1, 0.15) is 54.3 Å². The van der Waals surface area contributed by atoms with E-state index < -0.39 is 5.92 Å². The summed E-state index contributed by atoms with van der Waals surface area (Å²) in [4.78, 5) is 35.4. The van der Waals surface area contributed by atoms with Gasteiger partial charge in [-0.25, -0.2) is 13.8 Å². The second-order valence-corrected chi connectivity index (χ2v) is 9.65. The summed E-state index contributed by atoms with van der Waals surface area (Å²) in [5, 5.41) is 3.64.